The molecule has 140 valence electrons. The molecule has 0 unspecified atom stereocenters. The van der Waals surface area contributed by atoms with E-state index >= 15 is 0 Å². The quantitative estimate of drug-likeness (QED) is 0.519. The first-order valence-electron chi connectivity index (χ1n) is 8.59. The first-order valence-corrected chi connectivity index (χ1v) is 8.59. The number of carbonyl (C=O) groups is 2. The van der Waals surface area contributed by atoms with Crippen LogP contribution in [0.2, 0.25) is 0 Å². The van der Waals surface area contributed by atoms with Crippen LogP contribution in [0, 0.1) is 12.7 Å². The fourth-order valence-corrected chi connectivity index (χ4v) is 2.58. The van der Waals surface area contributed by atoms with Crippen molar-refractivity contribution in [3.8, 4) is 0 Å². The molecular weight excluding hydrogens is 357 g/mol. The minimum absolute atomic E-state index is 0.278. The molecule has 0 aliphatic carbocycles. The van der Waals surface area contributed by atoms with Crippen LogP contribution in [0.25, 0.3) is 0 Å². The van der Waals surface area contributed by atoms with E-state index in [1.807, 2.05) is 19.1 Å². The molecule has 3 aromatic carbocycles. The summed E-state index contributed by atoms with van der Waals surface area (Å²) in [7, 11) is 0. The van der Waals surface area contributed by atoms with Gasteiger partial charge in [-0.2, -0.15) is 5.10 Å². The fourth-order valence-electron chi connectivity index (χ4n) is 2.58. The molecule has 0 atom stereocenters. The number of nitrogens with zero attached hydrogens (tertiary/aromatic N) is 1. The predicted octanol–water partition coefficient (Wildman–Crippen LogP) is 4.15. The smallest absolute Gasteiger partial charge is 0.273 e. The standard InChI is InChI=1S/C22H18FN3O2/c1-15-6-2-3-7-18(15)21(27)25-20-9-5-4-8-19(20)22(28)26-24-14-16-10-12-17(23)13-11-16/h2-14H,1H3,(H,25,27)(H,26,28). The van der Waals surface area contributed by atoms with Crippen molar-refractivity contribution in [2.24, 2.45) is 5.10 Å². The molecule has 0 heterocycles. The minimum atomic E-state index is -0.473. The highest BCUT2D eigenvalue weighted by Crippen LogP contribution is 2.17. The van der Waals surface area contributed by atoms with Crippen LogP contribution in [-0.2, 0) is 0 Å². The van der Waals surface area contributed by atoms with Crippen LogP contribution in [0.3, 0.4) is 0 Å². The Kier molecular flexibility index (Phi) is 5.91. The lowest BCUT2D eigenvalue weighted by Crippen LogP contribution is -2.21. The van der Waals surface area contributed by atoms with Crippen LogP contribution in [0.4, 0.5) is 10.1 Å². The van der Waals surface area contributed by atoms with Gasteiger partial charge in [-0.05, 0) is 48.4 Å². The van der Waals surface area contributed by atoms with E-state index in [0.717, 1.165) is 5.56 Å². The molecule has 0 spiro atoms. The van der Waals surface area contributed by atoms with Gasteiger partial charge in [0.15, 0.2) is 0 Å². The zero-order chi connectivity index (χ0) is 19.9. The molecule has 3 aromatic rings. The molecule has 0 fully saturated rings. The first kappa shape index (κ1) is 19.0. The van der Waals surface area contributed by atoms with E-state index in [9.17, 15) is 14.0 Å². The number of aryl methyl sites for hydroxylation is 1. The molecule has 0 aromatic heterocycles. The lowest BCUT2D eigenvalue weighted by molar-refractivity contribution is 0.0956. The van der Waals surface area contributed by atoms with Gasteiger partial charge >= 0.3 is 0 Å². The van der Waals surface area contributed by atoms with Crippen LogP contribution < -0.4 is 10.7 Å². The monoisotopic (exact) mass is 375 g/mol. The molecule has 2 amide bonds. The van der Waals surface area contributed by atoms with Gasteiger partial charge in [0.1, 0.15) is 5.82 Å². The summed E-state index contributed by atoms with van der Waals surface area (Å²) in [5.74, 6) is -1.12. The topological polar surface area (TPSA) is 70.6 Å². The third kappa shape index (κ3) is 4.67. The summed E-state index contributed by atoms with van der Waals surface area (Å²) in [6.07, 6.45) is 1.41. The lowest BCUT2D eigenvalue weighted by Gasteiger charge is -2.11. The number of hydrogen-bond donors (Lipinski definition) is 2. The number of nitrogens with one attached hydrogen (secondary N) is 2. The molecule has 2 N–H and O–H groups in total. The number of benzene rings is 3. The van der Waals surface area contributed by atoms with Gasteiger partial charge in [0.05, 0.1) is 17.5 Å². The van der Waals surface area contributed by atoms with E-state index in [4.69, 9.17) is 0 Å². The maximum absolute atomic E-state index is 12.9. The molecular formula is C22H18FN3O2. The molecule has 5 nitrogen and oxygen atoms in total. The molecule has 0 radical (unpaired) electrons. The van der Waals surface area contributed by atoms with Crippen LogP contribution in [-0.4, -0.2) is 18.0 Å². The summed E-state index contributed by atoms with van der Waals surface area (Å²) in [6.45, 7) is 1.84. The molecule has 0 aliphatic rings. The zero-order valence-corrected chi connectivity index (χ0v) is 15.1. The third-order valence-electron chi connectivity index (χ3n) is 4.06. The molecule has 6 heteroatoms. The Morgan fingerprint density at radius 2 is 1.50 bits per heavy atom. The minimum Gasteiger partial charge on any atom is -0.321 e. The fraction of sp³-hybridized carbons (Fsp3) is 0.0455. The summed E-state index contributed by atoms with van der Waals surface area (Å²) in [5, 5.41) is 6.65. The largest absolute Gasteiger partial charge is 0.321 e. The summed E-state index contributed by atoms with van der Waals surface area (Å²) in [6, 6.07) is 19.6. The van der Waals surface area contributed by atoms with Gasteiger partial charge < -0.3 is 5.32 Å². The summed E-state index contributed by atoms with van der Waals surface area (Å²) >= 11 is 0. The average molecular weight is 375 g/mol. The van der Waals surface area contributed by atoms with Crippen molar-refractivity contribution < 1.29 is 14.0 Å². The Labute approximate surface area is 161 Å². The van der Waals surface area contributed by atoms with Crippen molar-refractivity contribution >= 4 is 23.7 Å². The second-order valence-electron chi connectivity index (χ2n) is 6.07. The summed E-state index contributed by atoms with van der Waals surface area (Å²) in [4.78, 5) is 25.0. The number of halogens is 1. The number of rotatable bonds is 5. The Hall–Kier alpha value is -3.80. The number of hydrogen-bond acceptors (Lipinski definition) is 3. The van der Waals surface area contributed by atoms with Crippen molar-refractivity contribution in [3.63, 3.8) is 0 Å². The van der Waals surface area contributed by atoms with Gasteiger partial charge in [0, 0.05) is 5.56 Å². The van der Waals surface area contributed by atoms with Gasteiger partial charge in [-0.1, -0.05) is 42.5 Å². The summed E-state index contributed by atoms with van der Waals surface area (Å²) in [5.41, 5.74) is 5.09. The van der Waals surface area contributed by atoms with Crippen LogP contribution in [0.15, 0.2) is 77.9 Å². The highest BCUT2D eigenvalue weighted by atomic mass is 19.1. The maximum Gasteiger partial charge on any atom is 0.273 e. The molecule has 0 saturated carbocycles. The van der Waals surface area contributed by atoms with Crippen molar-refractivity contribution in [1.82, 2.24) is 5.43 Å². The Morgan fingerprint density at radius 1 is 0.857 bits per heavy atom. The number of anilines is 1. The van der Waals surface area contributed by atoms with E-state index in [0.29, 0.717) is 16.8 Å². The molecule has 28 heavy (non-hydrogen) atoms. The molecule has 0 aliphatic heterocycles. The second-order valence-corrected chi connectivity index (χ2v) is 6.07. The lowest BCUT2D eigenvalue weighted by atomic mass is 10.1. The van der Waals surface area contributed by atoms with Crippen molar-refractivity contribution in [2.45, 2.75) is 6.92 Å². The number of carbonyl (C=O) groups excluding carboxylic acids is 2. The van der Waals surface area contributed by atoms with Gasteiger partial charge in [-0.3, -0.25) is 9.59 Å². The Balaban J connectivity index is 1.72. The highest BCUT2D eigenvalue weighted by molar-refractivity contribution is 6.09. The average Bonchev–Trinajstić information content (AvgIpc) is 2.70. The van der Waals surface area contributed by atoms with E-state index in [1.165, 1.54) is 18.3 Å². The maximum atomic E-state index is 12.9. The second kappa shape index (κ2) is 8.73. The predicted molar refractivity (Wildman–Crippen MR) is 107 cm³/mol. The Morgan fingerprint density at radius 3 is 2.21 bits per heavy atom. The van der Waals surface area contributed by atoms with Crippen LogP contribution in [0.5, 0.6) is 0 Å². The van der Waals surface area contributed by atoms with E-state index < -0.39 is 5.91 Å². The van der Waals surface area contributed by atoms with E-state index in [2.05, 4.69) is 15.8 Å². The molecule has 0 bridgehead atoms. The van der Waals surface area contributed by atoms with Crippen molar-refractivity contribution in [3.05, 3.63) is 101 Å². The molecule has 0 saturated heterocycles. The normalized spacial score (nSPS) is 10.6. The first-order chi connectivity index (χ1) is 13.5. The number of para-hydroxylation sites is 1. The van der Waals surface area contributed by atoms with E-state index in [-0.39, 0.29) is 17.3 Å². The van der Waals surface area contributed by atoms with Gasteiger partial charge in [0.25, 0.3) is 11.8 Å². The Bertz CT molecular complexity index is 1030. The van der Waals surface area contributed by atoms with E-state index in [1.54, 1.807) is 48.5 Å². The molecule has 3 rings (SSSR count). The van der Waals surface area contributed by atoms with Crippen molar-refractivity contribution in [2.75, 3.05) is 5.32 Å². The number of amides is 2. The zero-order valence-electron chi connectivity index (χ0n) is 15.1. The van der Waals surface area contributed by atoms with Gasteiger partial charge in [0.2, 0.25) is 0 Å². The van der Waals surface area contributed by atoms with Gasteiger partial charge in [-0.25, -0.2) is 9.82 Å². The highest BCUT2D eigenvalue weighted by Gasteiger charge is 2.14. The van der Waals surface area contributed by atoms with Crippen LogP contribution in [0.1, 0.15) is 31.8 Å². The SMILES string of the molecule is Cc1ccccc1C(=O)Nc1ccccc1C(=O)NN=Cc1ccc(F)cc1. The number of hydrazone groups is 1. The third-order valence-corrected chi connectivity index (χ3v) is 4.06. The van der Waals surface area contributed by atoms with Crippen LogP contribution >= 0.6 is 0 Å². The van der Waals surface area contributed by atoms with Crippen molar-refractivity contribution in [1.29, 1.82) is 0 Å². The summed E-state index contributed by atoms with van der Waals surface area (Å²) < 4.78 is 12.9. The van der Waals surface area contributed by atoms with Gasteiger partial charge in [-0.15, -0.1) is 0 Å².